The molecular weight excluding hydrogens is 430 g/mol. The van der Waals surface area contributed by atoms with Gasteiger partial charge in [-0.3, -0.25) is 14.6 Å². The van der Waals surface area contributed by atoms with Crippen molar-refractivity contribution in [2.45, 2.75) is 20.4 Å². The van der Waals surface area contributed by atoms with Crippen LogP contribution in [-0.2, 0) is 6.54 Å². The maximum Gasteiger partial charge on any atom is 0.259 e. The smallest absolute Gasteiger partial charge is 0.259 e. The van der Waals surface area contributed by atoms with Crippen LogP contribution >= 0.6 is 0 Å². The van der Waals surface area contributed by atoms with Crippen LogP contribution in [-0.4, -0.2) is 61.7 Å². The first-order valence-electron chi connectivity index (χ1n) is 11.4. The van der Waals surface area contributed by atoms with Gasteiger partial charge in [-0.15, -0.1) is 10.2 Å². The second kappa shape index (κ2) is 9.01. The Hall–Kier alpha value is -4.14. The largest absolute Gasteiger partial charge is 0.352 e. The summed E-state index contributed by atoms with van der Waals surface area (Å²) in [6, 6.07) is 13.1. The Morgan fingerprint density at radius 2 is 1.79 bits per heavy atom. The zero-order valence-electron chi connectivity index (χ0n) is 19.2. The summed E-state index contributed by atoms with van der Waals surface area (Å²) < 4.78 is 1.87. The van der Waals surface area contributed by atoms with Crippen LogP contribution in [0.5, 0.6) is 0 Å². The molecule has 0 aromatic carbocycles. The topological polar surface area (TPSA) is 97.1 Å². The molecule has 0 aliphatic carbocycles. The number of aryl methyl sites for hydroxylation is 2. The number of rotatable bonds is 4. The molecule has 0 atom stereocenters. The van der Waals surface area contributed by atoms with E-state index in [1.54, 1.807) is 29.4 Å². The van der Waals surface area contributed by atoms with Crippen molar-refractivity contribution in [2.75, 3.05) is 31.1 Å². The normalized spacial score (nSPS) is 13.9. The zero-order valence-corrected chi connectivity index (χ0v) is 19.2. The van der Waals surface area contributed by atoms with Crippen molar-refractivity contribution in [3.05, 3.63) is 76.3 Å². The van der Waals surface area contributed by atoms with Crippen LogP contribution in [0.3, 0.4) is 0 Å². The van der Waals surface area contributed by atoms with Crippen molar-refractivity contribution in [1.29, 1.82) is 0 Å². The monoisotopic (exact) mass is 455 g/mol. The van der Waals surface area contributed by atoms with Crippen molar-refractivity contribution in [3.63, 3.8) is 0 Å². The van der Waals surface area contributed by atoms with Crippen molar-refractivity contribution in [3.8, 4) is 11.4 Å². The van der Waals surface area contributed by atoms with Crippen LogP contribution in [0.2, 0.25) is 0 Å². The van der Waals surface area contributed by atoms with E-state index in [1.165, 1.54) is 0 Å². The molecule has 0 bridgehead atoms. The minimum atomic E-state index is -0.268. The lowest BCUT2D eigenvalue weighted by Gasteiger charge is -2.35. The molecule has 1 amide bonds. The first-order chi connectivity index (χ1) is 16.5. The van der Waals surface area contributed by atoms with Gasteiger partial charge in [0.2, 0.25) is 5.43 Å². The first-order valence-corrected chi connectivity index (χ1v) is 11.4. The molecule has 0 unspecified atom stereocenters. The van der Waals surface area contributed by atoms with Gasteiger partial charge in [0.1, 0.15) is 16.9 Å². The van der Waals surface area contributed by atoms with Crippen molar-refractivity contribution in [1.82, 2.24) is 29.6 Å². The molecule has 4 aromatic heterocycles. The van der Waals surface area contributed by atoms with E-state index in [-0.39, 0.29) is 16.9 Å². The standard InChI is InChI=1S/C25H25N7O2/c1-3-30-16-19(23(33)18-8-7-17(2)27-24(18)30)25(34)32-14-12-31(13-15-32)22-10-9-21(28-29-22)20-6-4-5-11-26-20/h4-11,16H,3,12-15H2,1-2H3. The summed E-state index contributed by atoms with van der Waals surface area (Å²) in [5.41, 5.74) is 2.85. The minimum absolute atomic E-state index is 0.188. The Labute approximate surface area is 196 Å². The second-order valence-corrected chi connectivity index (χ2v) is 8.25. The molecule has 0 radical (unpaired) electrons. The van der Waals surface area contributed by atoms with E-state index in [0.29, 0.717) is 49.5 Å². The van der Waals surface area contributed by atoms with Gasteiger partial charge in [-0.2, -0.15) is 0 Å². The molecule has 1 aliphatic heterocycles. The molecule has 5 heterocycles. The van der Waals surface area contributed by atoms with E-state index in [2.05, 4.69) is 25.1 Å². The number of hydrogen-bond donors (Lipinski definition) is 0. The third kappa shape index (κ3) is 4.00. The molecule has 1 fully saturated rings. The highest BCUT2D eigenvalue weighted by molar-refractivity contribution is 5.97. The Morgan fingerprint density at radius 3 is 2.47 bits per heavy atom. The molecule has 172 valence electrons. The third-order valence-electron chi connectivity index (χ3n) is 6.10. The molecule has 5 rings (SSSR count). The number of fused-ring (bicyclic) bond motifs is 1. The quantitative estimate of drug-likeness (QED) is 0.466. The van der Waals surface area contributed by atoms with E-state index in [9.17, 15) is 9.59 Å². The Balaban J connectivity index is 1.32. The lowest BCUT2D eigenvalue weighted by molar-refractivity contribution is 0.0744. The Morgan fingerprint density at radius 1 is 0.971 bits per heavy atom. The van der Waals surface area contributed by atoms with E-state index < -0.39 is 0 Å². The van der Waals surface area contributed by atoms with Crippen LogP contribution < -0.4 is 10.3 Å². The molecule has 1 saturated heterocycles. The van der Waals surface area contributed by atoms with Gasteiger partial charge in [-0.1, -0.05) is 6.07 Å². The molecule has 9 heteroatoms. The van der Waals surface area contributed by atoms with Gasteiger partial charge < -0.3 is 14.4 Å². The van der Waals surface area contributed by atoms with Gasteiger partial charge in [0.05, 0.1) is 11.1 Å². The number of carbonyl (C=O) groups is 1. The lowest BCUT2D eigenvalue weighted by atomic mass is 10.1. The summed E-state index contributed by atoms with van der Waals surface area (Å²) in [6.45, 7) is 6.70. The Kier molecular flexibility index (Phi) is 5.75. The summed E-state index contributed by atoms with van der Waals surface area (Å²) in [4.78, 5) is 39.0. The minimum Gasteiger partial charge on any atom is -0.352 e. The van der Waals surface area contributed by atoms with Crippen LogP contribution in [0.4, 0.5) is 5.82 Å². The number of pyridine rings is 3. The predicted octanol–water partition coefficient (Wildman–Crippen LogP) is 2.54. The number of amides is 1. The van der Waals surface area contributed by atoms with E-state index >= 15 is 0 Å². The highest BCUT2D eigenvalue weighted by Gasteiger charge is 2.26. The van der Waals surface area contributed by atoms with E-state index in [0.717, 1.165) is 17.2 Å². The number of carbonyl (C=O) groups excluding carboxylic acids is 1. The summed E-state index contributed by atoms with van der Waals surface area (Å²) in [5.74, 6) is 0.512. The molecule has 0 spiro atoms. The maximum atomic E-state index is 13.3. The highest BCUT2D eigenvalue weighted by Crippen LogP contribution is 2.19. The lowest BCUT2D eigenvalue weighted by Crippen LogP contribution is -2.50. The van der Waals surface area contributed by atoms with E-state index in [1.807, 2.05) is 48.7 Å². The van der Waals surface area contributed by atoms with Gasteiger partial charge in [0.25, 0.3) is 5.91 Å². The number of piperazine rings is 1. The fourth-order valence-corrected chi connectivity index (χ4v) is 4.21. The molecule has 1 aliphatic rings. The number of nitrogens with zero attached hydrogens (tertiary/aromatic N) is 7. The van der Waals surface area contributed by atoms with Crippen LogP contribution in [0.15, 0.2) is 59.7 Å². The molecular formula is C25H25N7O2. The fraction of sp³-hybridized carbons (Fsp3) is 0.280. The average Bonchev–Trinajstić information content (AvgIpc) is 2.89. The number of anilines is 1. The third-order valence-corrected chi connectivity index (χ3v) is 6.10. The second-order valence-electron chi connectivity index (χ2n) is 8.25. The van der Waals surface area contributed by atoms with Crippen molar-refractivity contribution < 1.29 is 4.79 Å². The summed E-state index contributed by atoms with van der Waals surface area (Å²) in [6.07, 6.45) is 3.37. The highest BCUT2D eigenvalue weighted by atomic mass is 16.2. The van der Waals surface area contributed by atoms with Crippen LogP contribution in [0.25, 0.3) is 22.4 Å². The van der Waals surface area contributed by atoms with Gasteiger partial charge in [-0.25, -0.2) is 4.98 Å². The summed E-state index contributed by atoms with van der Waals surface area (Å²) in [7, 11) is 0. The predicted molar refractivity (Wildman–Crippen MR) is 130 cm³/mol. The zero-order chi connectivity index (χ0) is 23.7. The average molecular weight is 456 g/mol. The van der Waals surface area contributed by atoms with Gasteiger partial charge in [-0.05, 0) is 50.2 Å². The molecule has 0 saturated carbocycles. The van der Waals surface area contributed by atoms with Gasteiger partial charge >= 0.3 is 0 Å². The molecule has 4 aromatic rings. The summed E-state index contributed by atoms with van der Waals surface area (Å²) in [5, 5.41) is 9.14. The van der Waals surface area contributed by atoms with Crippen molar-refractivity contribution in [2.24, 2.45) is 0 Å². The van der Waals surface area contributed by atoms with E-state index in [4.69, 9.17) is 0 Å². The Bertz CT molecular complexity index is 1390. The summed E-state index contributed by atoms with van der Waals surface area (Å²) >= 11 is 0. The maximum absolute atomic E-state index is 13.3. The fourth-order valence-electron chi connectivity index (χ4n) is 4.21. The van der Waals surface area contributed by atoms with Gasteiger partial charge in [0.15, 0.2) is 5.82 Å². The van der Waals surface area contributed by atoms with Crippen LogP contribution in [0.1, 0.15) is 23.0 Å². The molecule has 0 N–H and O–H groups in total. The molecule has 9 nitrogen and oxygen atoms in total. The van der Waals surface area contributed by atoms with Crippen LogP contribution in [0, 0.1) is 6.92 Å². The molecule has 34 heavy (non-hydrogen) atoms. The first kappa shape index (κ1) is 21.7. The number of aromatic nitrogens is 5. The SMILES string of the molecule is CCn1cc(C(=O)N2CCN(c3ccc(-c4ccccn4)nn3)CC2)c(=O)c2ccc(C)nc21. The van der Waals surface area contributed by atoms with Gasteiger partial charge in [0, 0.05) is 50.8 Å². The number of hydrogen-bond acceptors (Lipinski definition) is 7. The van der Waals surface area contributed by atoms with Crippen molar-refractivity contribution >= 4 is 22.8 Å².